The number of aryl methyl sites for hydroxylation is 1. The van der Waals surface area contributed by atoms with Crippen molar-refractivity contribution in [2.75, 3.05) is 19.7 Å². The Kier molecular flexibility index (Phi) is 3.67. The smallest absolute Gasteiger partial charge is 0.180 e. The van der Waals surface area contributed by atoms with E-state index in [1.807, 2.05) is 13.1 Å². The van der Waals surface area contributed by atoms with E-state index in [9.17, 15) is 0 Å². The Balaban J connectivity index is 1.43. The monoisotopic (exact) mass is 302 g/mol. The number of ether oxygens (including phenoxy) is 1. The Hall–Kier alpha value is -1.73. The molecule has 0 unspecified atom stereocenters. The fourth-order valence-electron chi connectivity index (χ4n) is 3.16. The van der Waals surface area contributed by atoms with E-state index in [-0.39, 0.29) is 6.10 Å². The summed E-state index contributed by atoms with van der Waals surface area (Å²) < 4.78 is 8.04. The van der Waals surface area contributed by atoms with E-state index in [4.69, 9.17) is 4.74 Å². The van der Waals surface area contributed by atoms with E-state index in [0.29, 0.717) is 6.04 Å². The topological polar surface area (TPSA) is 71.9 Å². The maximum atomic E-state index is 5.83. The molecular weight excluding hydrogens is 280 g/mol. The first kappa shape index (κ1) is 13.9. The van der Waals surface area contributed by atoms with E-state index < -0.39 is 0 Å². The third-order valence-electron chi connectivity index (χ3n) is 4.61. The molecule has 0 bridgehead atoms. The lowest BCUT2D eigenvalue weighted by Crippen LogP contribution is -2.39. The highest BCUT2D eigenvalue weighted by atomic mass is 16.5. The van der Waals surface area contributed by atoms with Crippen LogP contribution in [0.25, 0.3) is 0 Å². The van der Waals surface area contributed by atoms with Crippen LogP contribution < -0.4 is 0 Å². The van der Waals surface area contributed by atoms with Crippen LogP contribution in [0, 0.1) is 6.92 Å². The zero-order valence-electron chi connectivity index (χ0n) is 12.9. The zero-order valence-corrected chi connectivity index (χ0v) is 12.9. The van der Waals surface area contributed by atoms with Gasteiger partial charge in [0.25, 0.3) is 0 Å². The molecule has 1 atom stereocenters. The third-order valence-corrected chi connectivity index (χ3v) is 4.61. The third kappa shape index (κ3) is 2.66. The Morgan fingerprint density at radius 2 is 2.32 bits per heavy atom. The minimum Gasteiger partial charge on any atom is -0.367 e. The number of nitrogens with zero attached hydrogens (tertiary/aromatic N) is 5. The molecule has 0 spiro atoms. The number of hydrogen-bond acceptors (Lipinski definition) is 5. The molecule has 7 heteroatoms. The van der Waals surface area contributed by atoms with E-state index in [2.05, 4.69) is 35.9 Å². The first-order valence-corrected chi connectivity index (χ1v) is 8.05. The van der Waals surface area contributed by atoms with Gasteiger partial charge in [-0.25, -0.2) is 4.98 Å². The van der Waals surface area contributed by atoms with E-state index in [0.717, 1.165) is 37.9 Å². The van der Waals surface area contributed by atoms with Crippen molar-refractivity contribution in [2.45, 2.75) is 44.9 Å². The number of aromatic amines is 1. The molecule has 0 aromatic carbocycles. The van der Waals surface area contributed by atoms with Crippen molar-refractivity contribution in [3.63, 3.8) is 0 Å². The lowest BCUT2D eigenvalue weighted by molar-refractivity contribution is -0.0380. The Labute approximate surface area is 129 Å². The standard InChI is InChI=1S/C15H22N6O/c1-11-17-15(19-18-11)14-10-20(7-8-22-14)9-13-5-6-16-21(13)12-3-2-4-12/h5-6,12,14H,2-4,7-10H2,1H3,(H,17,18,19)/t14-/m0/s1. The van der Waals surface area contributed by atoms with Crippen LogP contribution in [0.2, 0.25) is 0 Å². The summed E-state index contributed by atoms with van der Waals surface area (Å²) in [6.45, 7) is 5.31. The molecule has 1 N–H and O–H groups in total. The SMILES string of the molecule is Cc1nc([C@@H]2CN(Cc3ccnn3C3CCC3)CCO2)n[nH]1. The summed E-state index contributed by atoms with van der Waals surface area (Å²) >= 11 is 0. The van der Waals surface area contributed by atoms with Gasteiger partial charge in [-0.1, -0.05) is 0 Å². The summed E-state index contributed by atoms with van der Waals surface area (Å²) in [6.07, 6.45) is 5.73. The Morgan fingerprint density at radius 3 is 3.05 bits per heavy atom. The predicted molar refractivity (Wildman–Crippen MR) is 80.2 cm³/mol. The maximum absolute atomic E-state index is 5.83. The fourth-order valence-corrected chi connectivity index (χ4v) is 3.16. The zero-order chi connectivity index (χ0) is 14.9. The van der Waals surface area contributed by atoms with Crippen LogP contribution in [0.15, 0.2) is 12.3 Å². The van der Waals surface area contributed by atoms with Gasteiger partial charge in [-0.05, 0) is 32.3 Å². The molecule has 1 saturated carbocycles. The fraction of sp³-hybridized carbons (Fsp3) is 0.667. The van der Waals surface area contributed by atoms with Crippen LogP contribution in [-0.2, 0) is 11.3 Å². The second-order valence-electron chi connectivity index (χ2n) is 6.23. The molecule has 0 radical (unpaired) electrons. The van der Waals surface area contributed by atoms with Gasteiger partial charge in [-0.15, -0.1) is 0 Å². The molecule has 1 aliphatic carbocycles. The van der Waals surface area contributed by atoms with Crippen LogP contribution in [0.3, 0.4) is 0 Å². The lowest BCUT2D eigenvalue weighted by Gasteiger charge is -2.33. The predicted octanol–water partition coefficient (Wildman–Crippen LogP) is 1.61. The summed E-state index contributed by atoms with van der Waals surface area (Å²) in [4.78, 5) is 6.81. The maximum Gasteiger partial charge on any atom is 0.180 e. The van der Waals surface area contributed by atoms with Crippen molar-refractivity contribution in [3.05, 3.63) is 29.6 Å². The van der Waals surface area contributed by atoms with Crippen LogP contribution >= 0.6 is 0 Å². The average Bonchev–Trinajstić information content (AvgIpc) is 3.08. The molecule has 4 rings (SSSR count). The molecule has 0 amide bonds. The van der Waals surface area contributed by atoms with Gasteiger partial charge >= 0.3 is 0 Å². The molecule has 1 aliphatic heterocycles. The largest absolute Gasteiger partial charge is 0.367 e. The molecular formula is C15H22N6O. The first-order valence-electron chi connectivity index (χ1n) is 8.05. The number of rotatable bonds is 4. The number of hydrogen-bond donors (Lipinski definition) is 1. The van der Waals surface area contributed by atoms with E-state index >= 15 is 0 Å². The summed E-state index contributed by atoms with van der Waals surface area (Å²) in [6, 6.07) is 2.75. The second kappa shape index (κ2) is 5.81. The van der Waals surface area contributed by atoms with Gasteiger partial charge in [0.05, 0.1) is 18.3 Å². The molecule has 2 aromatic heterocycles. The molecule has 2 fully saturated rings. The quantitative estimate of drug-likeness (QED) is 0.929. The number of H-pyrrole nitrogens is 1. The number of nitrogens with one attached hydrogen (secondary N) is 1. The van der Waals surface area contributed by atoms with Crippen LogP contribution in [-0.4, -0.2) is 49.6 Å². The molecule has 2 aliphatic rings. The van der Waals surface area contributed by atoms with Crippen molar-refractivity contribution >= 4 is 0 Å². The van der Waals surface area contributed by atoms with Gasteiger partial charge in [0.2, 0.25) is 0 Å². The highest BCUT2D eigenvalue weighted by Gasteiger charge is 2.27. The van der Waals surface area contributed by atoms with E-state index in [1.54, 1.807) is 0 Å². The average molecular weight is 302 g/mol. The molecule has 3 heterocycles. The Morgan fingerprint density at radius 1 is 1.41 bits per heavy atom. The number of aromatic nitrogens is 5. The van der Waals surface area contributed by atoms with Crippen molar-refractivity contribution in [1.29, 1.82) is 0 Å². The molecule has 22 heavy (non-hydrogen) atoms. The summed E-state index contributed by atoms with van der Waals surface area (Å²) in [5.41, 5.74) is 1.30. The summed E-state index contributed by atoms with van der Waals surface area (Å²) in [5.74, 6) is 1.59. The number of morpholine rings is 1. The van der Waals surface area contributed by atoms with Gasteiger partial charge in [0.15, 0.2) is 5.82 Å². The van der Waals surface area contributed by atoms with Crippen molar-refractivity contribution in [2.24, 2.45) is 0 Å². The minimum absolute atomic E-state index is 0.0428. The van der Waals surface area contributed by atoms with E-state index in [1.165, 1.54) is 25.0 Å². The Bertz CT molecular complexity index is 632. The second-order valence-corrected chi connectivity index (χ2v) is 6.23. The van der Waals surface area contributed by atoms with Gasteiger partial charge in [0, 0.05) is 25.8 Å². The van der Waals surface area contributed by atoms with Crippen LogP contribution in [0.4, 0.5) is 0 Å². The summed E-state index contributed by atoms with van der Waals surface area (Å²) in [5, 5.41) is 11.6. The van der Waals surface area contributed by atoms with Crippen molar-refractivity contribution in [1.82, 2.24) is 29.9 Å². The molecule has 7 nitrogen and oxygen atoms in total. The molecule has 2 aromatic rings. The summed E-state index contributed by atoms with van der Waals surface area (Å²) in [7, 11) is 0. The van der Waals surface area contributed by atoms with Gasteiger partial charge in [0.1, 0.15) is 11.9 Å². The molecule has 118 valence electrons. The van der Waals surface area contributed by atoms with Gasteiger partial charge in [-0.2, -0.15) is 10.2 Å². The van der Waals surface area contributed by atoms with Gasteiger partial charge < -0.3 is 4.74 Å². The van der Waals surface area contributed by atoms with Crippen LogP contribution in [0.1, 0.15) is 48.8 Å². The van der Waals surface area contributed by atoms with Gasteiger partial charge in [-0.3, -0.25) is 14.7 Å². The van der Waals surface area contributed by atoms with Crippen molar-refractivity contribution < 1.29 is 4.74 Å². The molecule has 1 saturated heterocycles. The highest BCUT2D eigenvalue weighted by Crippen LogP contribution is 2.32. The lowest BCUT2D eigenvalue weighted by atomic mass is 9.93. The van der Waals surface area contributed by atoms with Crippen molar-refractivity contribution in [3.8, 4) is 0 Å². The van der Waals surface area contributed by atoms with Crippen LogP contribution in [0.5, 0.6) is 0 Å². The minimum atomic E-state index is -0.0428. The first-order chi connectivity index (χ1) is 10.8. The normalized spacial score (nSPS) is 23.6. The highest BCUT2D eigenvalue weighted by molar-refractivity contribution is 5.04.